The molecule has 1 unspecified atom stereocenters. The number of rotatable bonds is 4. The normalized spacial score (nSPS) is 17.0. The summed E-state index contributed by atoms with van der Waals surface area (Å²) >= 11 is 1.85. The van der Waals surface area contributed by atoms with Gasteiger partial charge in [0, 0.05) is 33.1 Å². The van der Waals surface area contributed by atoms with Crippen LogP contribution in [-0.4, -0.2) is 68.5 Å². The molecule has 1 atom stereocenters. The molecule has 0 amide bonds. The lowest BCUT2D eigenvalue weighted by Gasteiger charge is -2.27. The van der Waals surface area contributed by atoms with E-state index < -0.39 is 0 Å². The summed E-state index contributed by atoms with van der Waals surface area (Å²) in [6.45, 7) is 3.25. The van der Waals surface area contributed by atoms with Crippen molar-refractivity contribution in [3.8, 4) is 0 Å². The second-order valence-electron chi connectivity index (χ2n) is 5.70. The van der Waals surface area contributed by atoms with Gasteiger partial charge in [0.2, 0.25) is 0 Å². The fraction of sp³-hybridized carbons (Fsp3) is 0.667. The van der Waals surface area contributed by atoms with Gasteiger partial charge < -0.3 is 9.80 Å². The van der Waals surface area contributed by atoms with E-state index in [-0.39, 0.29) is 0 Å². The van der Waals surface area contributed by atoms with Gasteiger partial charge >= 0.3 is 0 Å². The van der Waals surface area contributed by atoms with Gasteiger partial charge in [0.15, 0.2) is 5.96 Å². The Bertz CT molecular complexity index is 409. The Kier molecular flexibility index (Phi) is 5.43. The molecule has 0 N–H and O–H groups in total. The van der Waals surface area contributed by atoms with Crippen LogP contribution >= 0.6 is 11.3 Å². The first kappa shape index (κ1) is 15.3. The van der Waals surface area contributed by atoms with Crippen LogP contribution < -0.4 is 0 Å². The number of aliphatic imine (C=N–C) groups is 1. The molecule has 4 nitrogen and oxygen atoms in total. The summed E-state index contributed by atoms with van der Waals surface area (Å²) < 4.78 is 0. The van der Waals surface area contributed by atoms with E-state index in [4.69, 9.17) is 4.99 Å². The molecule has 20 heavy (non-hydrogen) atoms. The lowest BCUT2D eigenvalue weighted by Crippen LogP contribution is -2.36. The maximum Gasteiger partial charge on any atom is 0.195 e. The van der Waals surface area contributed by atoms with Crippen LogP contribution in [0.1, 0.15) is 23.8 Å². The van der Waals surface area contributed by atoms with E-state index >= 15 is 0 Å². The van der Waals surface area contributed by atoms with Crippen LogP contribution in [0.15, 0.2) is 22.5 Å². The standard InChI is InChI=1S/C15H26N4S/c1-17(2)15(18(3)4)16-12-13(14-8-7-11-20-14)19-9-5-6-10-19/h7-8,11,13H,5-6,9-10,12H2,1-4H3. The Labute approximate surface area is 126 Å². The van der Waals surface area contributed by atoms with Crippen molar-refractivity contribution >= 4 is 17.3 Å². The molecule has 0 bridgehead atoms. The monoisotopic (exact) mass is 294 g/mol. The largest absolute Gasteiger partial charge is 0.349 e. The van der Waals surface area contributed by atoms with E-state index in [1.165, 1.54) is 30.8 Å². The van der Waals surface area contributed by atoms with Gasteiger partial charge in [0.05, 0.1) is 12.6 Å². The van der Waals surface area contributed by atoms with Gasteiger partial charge in [-0.2, -0.15) is 0 Å². The summed E-state index contributed by atoms with van der Waals surface area (Å²) in [5.74, 6) is 1.03. The molecule has 5 heteroatoms. The third kappa shape index (κ3) is 3.73. The maximum atomic E-state index is 4.86. The first-order chi connectivity index (χ1) is 9.59. The minimum Gasteiger partial charge on any atom is -0.349 e. The number of likely N-dealkylation sites (tertiary alicyclic amines) is 1. The Balaban J connectivity index is 2.13. The third-order valence-corrected chi connectivity index (χ3v) is 4.63. The average molecular weight is 294 g/mol. The zero-order chi connectivity index (χ0) is 14.5. The number of nitrogens with zero attached hydrogens (tertiary/aromatic N) is 4. The zero-order valence-electron chi connectivity index (χ0n) is 13.0. The fourth-order valence-corrected chi connectivity index (χ4v) is 3.62. The highest BCUT2D eigenvalue weighted by Crippen LogP contribution is 2.28. The second-order valence-corrected chi connectivity index (χ2v) is 6.68. The summed E-state index contributed by atoms with van der Waals surface area (Å²) in [5.41, 5.74) is 0. The predicted molar refractivity (Wildman–Crippen MR) is 87.5 cm³/mol. The molecule has 1 saturated heterocycles. The molecular weight excluding hydrogens is 268 g/mol. The van der Waals surface area contributed by atoms with Crippen LogP contribution in [0.2, 0.25) is 0 Å². The summed E-state index contributed by atoms with van der Waals surface area (Å²) in [6.07, 6.45) is 2.64. The lowest BCUT2D eigenvalue weighted by atomic mass is 10.2. The molecule has 1 aromatic rings. The van der Waals surface area contributed by atoms with Crippen LogP contribution in [-0.2, 0) is 0 Å². The Morgan fingerprint density at radius 1 is 1.25 bits per heavy atom. The minimum atomic E-state index is 0.437. The number of thiophene rings is 1. The molecule has 0 spiro atoms. The average Bonchev–Trinajstić information content (AvgIpc) is 3.06. The van der Waals surface area contributed by atoms with E-state index in [1.54, 1.807) is 0 Å². The highest BCUT2D eigenvalue weighted by molar-refractivity contribution is 7.10. The van der Waals surface area contributed by atoms with E-state index in [0.29, 0.717) is 6.04 Å². The van der Waals surface area contributed by atoms with E-state index in [1.807, 2.05) is 11.3 Å². The van der Waals surface area contributed by atoms with Crippen molar-refractivity contribution in [3.63, 3.8) is 0 Å². The van der Waals surface area contributed by atoms with Gasteiger partial charge in [-0.25, -0.2) is 0 Å². The summed E-state index contributed by atoms with van der Waals surface area (Å²) in [4.78, 5) is 13.0. The number of hydrogen-bond donors (Lipinski definition) is 0. The van der Waals surface area contributed by atoms with E-state index in [0.717, 1.165) is 12.5 Å². The van der Waals surface area contributed by atoms with Crippen LogP contribution in [0, 0.1) is 0 Å². The van der Waals surface area contributed by atoms with Crippen LogP contribution in [0.3, 0.4) is 0 Å². The Morgan fingerprint density at radius 3 is 2.40 bits per heavy atom. The Hall–Kier alpha value is -1.07. The summed E-state index contributed by atoms with van der Waals surface area (Å²) in [6, 6.07) is 4.83. The first-order valence-corrected chi connectivity index (χ1v) is 8.14. The van der Waals surface area contributed by atoms with Gasteiger partial charge in [-0.3, -0.25) is 9.89 Å². The molecule has 1 fully saturated rings. The molecule has 112 valence electrons. The fourth-order valence-electron chi connectivity index (χ4n) is 2.77. The molecule has 1 aliphatic rings. The van der Waals surface area contributed by atoms with Crippen molar-refractivity contribution in [2.24, 2.45) is 4.99 Å². The summed E-state index contributed by atoms with van der Waals surface area (Å²) in [5, 5.41) is 2.17. The van der Waals surface area contributed by atoms with Crippen LogP contribution in [0.5, 0.6) is 0 Å². The molecule has 1 aliphatic heterocycles. The smallest absolute Gasteiger partial charge is 0.195 e. The molecule has 2 heterocycles. The molecule has 0 saturated carbocycles. The number of hydrogen-bond acceptors (Lipinski definition) is 3. The predicted octanol–water partition coefficient (Wildman–Crippen LogP) is 2.36. The van der Waals surface area contributed by atoms with E-state index in [2.05, 4.69) is 60.4 Å². The molecule has 0 aromatic carbocycles. The molecule has 2 rings (SSSR count). The second kappa shape index (κ2) is 7.09. The van der Waals surface area contributed by atoms with Gasteiger partial charge in [0.25, 0.3) is 0 Å². The first-order valence-electron chi connectivity index (χ1n) is 7.26. The molecule has 0 aliphatic carbocycles. The highest BCUT2D eigenvalue weighted by Gasteiger charge is 2.24. The van der Waals surface area contributed by atoms with Crippen molar-refractivity contribution in [2.75, 3.05) is 47.8 Å². The van der Waals surface area contributed by atoms with E-state index in [9.17, 15) is 0 Å². The van der Waals surface area contributed by atoms with Crippen molar-refractivity contribution in [3.05, 3.63) is 22.4 Å². The lowest BCUT2D eigenvalue weighted by molar-refractivity contribution is 0.254. The third-order valence-electron chi connectivity index (χ3n) is 3.66. The molecular formula is C15H26N4S. The molecule has 0 radical (unpaired) electrons. The van der Waals surface area contributed by atoms with Gasteiger partial charge in [-0.1, -0.05) is 6.07 Å². The van der Waals surface area contributed by atoms with Crippen LogP contribution in [0.4, 0.5) is 0 Å². The van der Waals surface area contributed by atoms with Gasteiger partial charge in [-0.05, 0) is 37.4 Å². The SMILES string of the molecule is CN(C)C(=NCC(c1cccs1)N1CCCC1)N(C)C. The quantitative estimate of drug-likeness (QED) is 0.629. The topological polar surface area (TPSA) is 22.1 Å². The maximum absolute atomic E-state index is 4.86. The highest BCUT2D eigenvalue weighted by atomic mass is 32.1. The number of guanidine groups is 1. The van der Waals surface area contributed by atoms with Gasteiger partial charge in [0.1, 0.15) is 0 Å². The van der Waals surface area contributed by atoms with Crippen LogP contribution in [0.25, 0.3) is 0 Å². The Morgan fingerprint density at radius 2 is 1.90 bits per heavy atom. The molecule has 1 aromatic heterocycles. The van der Waals surface area contributed by atoms with Crippen molar-refractivity contribution in [1.82, 2.24) is 14.7 Å². The van der Waals surface area contributed by atoms with Crippen molar-refractivity contribution in [1.29, 1.82) is 0 Å². The van der Waals surface area contributed by atoms with Crippen molar-refractivity contribution in [2.45, 2.75) is 18.9 Å². The van der Waals surface area contributed by atoms with Crippen molar-refractivity contribution < 1.29 is 0 Å². The van der Waals surface area contributed by atoms with Gasteiger partial charge in [-0.15, -0.1) is 11.3 Å². The minimum absolute atomic E-state index is 0.437. The zero-order valence-corrected chi connectivity index (χ0v) is 13.9. The summed E-state index contributed by atoms with van der Waals surface area (Å²) in [7, 11) is 8.20.